The summed E-state index contributed by atoms with van der Waals surface area (Å²) >= 11 is 0. The van der Waals surface area contributed by atoms with Gasteiger partial charge in [-0.2, -0.15) is 0 Å². The first kappa shape index (κ1) is 20.2. The van der Waals surface area contributed by atoms with Crippen molar-refractivity contribution in [3.05, 3.63) is 59.4 Å². The van der Waals surface area contributed by atoms with E-state index in [0.29, 0.717) is 30.2 Å². The summed E-state index contributed by atoms with van der Waals surface area (Å²) in [7, 11) is 0. The van der Waals surface area contributed by atoms with Crippen molar-refractivity contribution in [3.8, 4) is 11.5 Å². The average molecular weight is 412 g/mol. The Kier molecular flexibility index (Phi) is 5.37. The minimum atomic E-state index is -0.610. The molecule has 2 aliphatic rings. The summed E-state index contributed by atoms with van der Waals surface area (Å²) in [5.41, 5.74) is 0.731. The van der Waals surface area contributed by atoms with E-state index in [9.17, 15) is 14.0 Å². The minimum Gasteiger partial charge on any atom is -0.454 e. The summed E-state index contributed by atoms with van der Waals surface area (Å²) in [6.07, 6.45) is 1.46. The molecular weight excluding hydrogens is 387 g/mol. The SMILES string of the molecule is CC(C)(NC(=O)C1CCCN(C(=O)c2ccc(F)cc2)C1)c1ccc2c(c1)OCO2. The van der Waals surface area contributed by atoms with E-state index in [0.717, 1.165) is 18.4 Å². The standard InChI is InChI=1S/C23H25FN2O4/c1-23(2,17-7-10-19-20(12-17)30-14-29-19)25-21(27)16-4-3-11-26(13-16)22(28)15-5-8-18(24)9-6-15/h5-10,12,16H,3-4,11,13-14H2,1-2H3,(H,25,27). The van der Waals surface area contributed by atoms with Gasteiger partial charge >= 0.3 is 0 Å². The van der Waals surface area contributed by atoms with Gasteiger partial charge in [0.2, 0.25) is 12.7 Å². The molecule has 0 radical (unpaired) electrons. The number of benzene rings is 2. The van der Waals surface area contributed by atoms with Gasteiger partial charge in [0, 0.05) is 18.7 Å². The average Bonchev–Trinajstić information content (AvgIpc) is 3.21. The molecule has 1 atom stereocenters. The van der Waals surface area contributed by atoms with Crippen LogP contribution in [0.2, 0.25) is 0 Å². The third kappa shape index (κ3) is 4.10. The zero-order valence-corrected chi connectivity index (χ0v) is 17.1. The Hall–Kier alpha value is -3.09. The molecule has 4 rings (SSSR count). The molecule has 1 saturated heterocycles. The van der Waals surface area contributed by atoms with Crippen LogP contribution in [0.25, 0.3) is 0 Å². The van der Waals surface area contributed by atoms with Crippen LogP contribution in [0.5, 0.6) is 11.5 Å². The maximum atomic E-state index is 13.1. The largest absolute Gasteiger partial charge is 0.454 e. The number of nitrogens with zero attached hydrogens (tertiary/aromatic N) is 1. The van der Waals surface area contributed by atoms with Crippen LogP contribution in [-0.2, 0) is 10.3 Å². The van der Waals surface area contributed by atoms with Crippen LogP contribution in [0.4, 0.5) is 4.39 Å². The summed E-state index contributed by atoms with van der Waals surface area (Å²) in [5.74, 6) is 0.424. The second-order valence-electron chi connectivity index (χ2n) is 8.28. The molecule has 0 spiro atoms. The van der Waals surface area contributed by atoms with E-state index in [4.69, 9.17) is 9.47 Å². The van der Waals surface area contributed by atoms with E-state index in [1.54, 1.807) is 4.90 Å². The van der Waals surface area contributed by atoms with Crippen LogP contribution in [0.3, 0.4) is 0 Å². The number of carbonyl (C=O) groups excluding carboxylic acids is 2. The maximum Gasteiger partial charge on any atom is 0.253 e. The molecule has 2 heterocycles. The number of nitrogens with one attached hydrogen (secondary N) is 1. The second-order valence-corrected chi connectivity index (χ2v) is 8.28. The Morgan fingerprint density at radius 1 is 1.10 bits per heavy atom. The zero-order valence-electron chi connectivity index (χ0n) is 17.1. The topological polar surface area (TPSA) is 67.9 Å². The lowest BCUT2D eigenvalue weighted by molar-refractivity contribution is -0.128. The predicted octanol–water partition coefficient (Wildman–Crippen LogP) is 3.46. The fourth-order valence-corrected chi connectivity index (χ4v) is 3.92. The number of hydrogen-bond donors (Lipinski definition) is 1. The maximum absolute atomic E-state index is 13.1. The van der Waals surface area contributed by atoms with Crippen LogP contribution in [0.15, 0.2) is 42.5 Å². The summed E-state index contributed by atoms with van der Waals surface area (Å²) < 4.78 is 23.9. The molecule has 7 heteroatoms. The van der Waals surface area contributed by atoms with Gasteiger partial charge in [0.05, 0.1) is 11.5 Å². The van der Waals surface area contributed by atoms with E-state index in [1.807, 2.05) is 32.0 Å². The molecule has 2 amide bonds. The fraction of sp³-hybridized carbons (Fsp3) is 0.391. The molecule has 1 unspecified atom stereocenters. The highest BCUT2D eigenvalue weighted by Gasteiger charge is 2.33. The third-order valence-corrected chi connectivity index (χ3v) is 5.70. The molecule has 30 heavy (non-hydrogen) atoms. The van der Waals surface area contributed by atoms with Crippen LogP contribution in [-0.4, -0.2) is 36.6 Å². The van der Waals surface area contributed by atoms with Gasteiger partial charge in [0.25, 0.3) is 5.91 Å². The molecular formula is C23H25FN2O4. The number of halogens is 1. The smallest absolute Gasteiger partial charge is 0.253 e. The van der Waals surface area contributed by atoms with Gasteiger partial charge < -0.3 is 19.7 Å². The summed E-state index contributed by atoms with van der Waals surface area (Å²) in [5, 5.41) is 3.12. The zero-order chi connectivity index (χ0) is 21.3. The second kappa shape index (κ2) is 7.97. The molecule has 2 aliphatic heterocycles. The van der Waals surface area contributed by atoms with Crippen LogP contribution < -0.4 is 14.8 Å². The van der Waals surface area contributed by atoms with E-state index in [2.05, 4.69) is 5.32 Å². The Labute approximate surface area is 175 Å². The number of rotatable bonds is 4. The van der Waals surface area contributed by atoms with Crippen LogP contribution >= 0.6 is 0 Å². The van der Waals surface area contributed by atoms with Crippen LogP contribution in [0, 0.1) is 11.7 Å². The fourth-order valence-electron chi connectivity index (χ4n) is 3.92. The van der Waals surface area contributed by atoms with Gasteiger partial charge in [-0.3, -0.25) is 9.59 Å². The molecule has 2 aromatic rings. The van der Waals surface area contributed by atoms with Gasteiger partial charge in [-0.05, 0) is 68.7 Å². The van der Waals surface area contributed by atoms with Crippen molar-refractivity contribution in [2.75, 3.05) is 19.9 Å². The number of hydrogen-bond acceptors (Lipinski definition) is 4. The molecule has 0 aliphatic carbocycles. The molecule has 158 valence electrons. The molecule has 1 N–H and O–H groups in total. The number of amides is 2. The minimum absolute atomic E-state index is 0.0886. The highest BCUT2D eigenvalue weighted by atomic mass is 19.1. The summed E-state index contributed by atoms with van der Waals surface area (Å²) in [6, 6.07) is 11.1. The Morgan fingerprint density at radius 2 is 1.83 bits per heavy atom. The number of likely N-dealkylation sites (tertiary alicyclic amines) is 1. The molecule has 2 aromatic carbocycles. The van der Waals surface area contributed by atoms with E-state index >= 15 is 0 Å². The predicted molar refractivity (Wildman–Crippen MR) is 109 cm³/mol. The van der Waals surface area contributed by atoms with Crippen molar-refractivity contribution in [1.82, 2.24) is 10.2 Å². The van der Waals surface area contributed by atoms with Crippen molar-refractivity contribution < 1.29 is 23.5 Å². The van der Waals surface area contributed by atoms with E-state index in [1.165, 1.54) is 24.3 Å². The first-order valence-electron chi connectivity index (χ1n) is 10.1. The first-order valence-corrected chi connectivity index (χ1v) is 10.1. The molecule has 0 bridgehead atoms. The summed E-state index contributed by atoms with van der Waals surface area (Å²) in [4.78, 5) is 27.4. The molecule has 0 saturated carbocycles. The van der Waals surface area contributed by atoms with Gasteiger partial charge in [-0.1, -0.05) is 6.07 Å². The lowest BCUT2D eigenvalue weighted by Gasteiger charge is -2.35. The molecule has 1 fully saturated rings. The van der Waals surface area contributed by atoms with Crippen molar-refractivity contribution in [2.45, 2.75) is 32.2 Å². The van der Waals surface area contributed by atoms with Crippen LogP contribution in [0.1, 0.15) is 42.6 Å². The van der Waals surface area contributed by atoms with Crippen molar-refractivity contribution in [2.24, 2.45) is 5.92 Å². The summed E-state index contributed by atoms with van der Waals surface area (Å²) in [6.45, 7) is 5.01. The van der Waals surface area contributed by atoms with Crippen molar-refractivity contribution >= 4 is 11.8 Å². The van der Waals surface area contributed by atoms with Crippen molar-refractivity contribution in [3.63, 3.8) is 0 Å². The number of ether oxygens (including phenoxy) is 2. The van der Waals surface area contributed by atoms with Gasteiger partial charge in [0.15, 0.2) is 11.5 Å². The van der Waals surface area contributed by atoms with E-state index < -0.39 is 5.54 Å². The van der Waals surface area contributed by atoms with Crippen molar-refractivity contribution in [1.29, 1.82) is 0 Å². The number of piperidine rings is 1. The van der Waals surface area contributed by atoms with Gasteiger partial charge in [-0.25, -0.2) is 4.39 Å². The highest BCUT2D eigenvalue weighted by molar-refractivity contribution is 5.94. The Balaban J connectivity index is 1.42. The highest BCUT2D eigenvalue weighted by Crippen LogP contribution is 2.35. The number of fused-ring (bicyclic) bond motifs is 1. The lowest BCUT2D eigenvalue weighted by atomic mass is 9.91. The first-order chi connectivity index (χ1) is 14.3. The monoisotopic (exact) mass is 412 g/mol. The van der Waals surface area contributed by atoms with Gasteiger partial charge in [0.1, 0.15) is 5.82 Å². The molecule has 6 nitrogen and oxygen atoms in total. The van der Waals surface area contributed by atoms with E-state index in [-0.39, 0.29) is 30.3 Å². The normalized spacial score (nSPS) is 18.2. The van der Waals surface area contributed by atoms with Gasteiger partial charge in [-0.15, -0.1) is 0 Å². The third-order valence-electron chi connectivity index (χ3n) is 5.70. The quantitative estimate of drug-likeness (QED) is 0.835. The molecule has 0 aromatic heterocycles. The lowest BCUT2D eigenvalue weighted by Crippen LogP contribution is -2.49. The Bertz CT molecular complexity index is 958. The Morgan fingerprint density at radius 3 is 2.60 bits per heavy atom. The number of carbonyl (C=O) groups is 2.